The first-order valence-corrected chi connectivity index (χ1v) is 8.88. The number of halogens is 1. The standard InChI is InChI=1S/C18H15FN4O3S/c1-11-2-4-13(5-3-11)17-22-23-18(26-17)27-10-15(24)20-21-16(25)12-6-8-14(19)9-7-12/h2-9H,10H2,1H3,(H,20,24)(H,21,25). The molecule has 138 valence electrons. The molecule has 0 bridgehead atoms. The fraction of sp³-hybridized carbons (Fsp3) is 0.111. The van der Waals surface area contributed by atoms with Gasteiger partial charge in [0, 0.05) is 11.1 Å². The van der Waals surface area contributed by atoms with E-state index >= 15 is 0 Å². The summed E-state index contributed by atoms with van der Waals surface area (Å²) in [6, 6.07) is 12.6. The molecule has 9 heteroatoms. The summed E-state index contributed by atoms with van der Waals surface area (Å²) < 4.78 is 18.3. The molecule has 2 N–H and O–H groups in total. The first-order valence-electron chi connectivity index (χ1n) is 7.89. The highest BCUT2D eigenvalue weighted by atomic mass is 32.2. The Labute approximate surface area is 158 Å². The number of nitrogens with zero attached hydrogens (tertiary/aromatic N) is 2. The van der Waals surface area contributed by atoms with E-state index in [9.17, 15) is 14.0 Å². The quantitative estimate of drug-likeness (QED) is 0.517. The highest BCUT2D eigenvalue weighted by Gasteiger charge is 2.12. The summed E-state index contributed by atoms with van der Waals surface area (Å²) >= 11 is 1.04. The van der Waals surface area contributed by atoms with Crippen molar-refractivity contribution >= 4 is 23.6 Å². The third-order valence-corrected chi connectivity index (χ3v) is 4.27. The van der Waals surface area contributed by atoms with E-state index in [0.29, 0.717) is 5.89 Å². The fourth-order valence-corrected chi connectivity index (χ4v) is 2.61. The summed E-state index contributed by atoms with van der Waals surface area (Å²) in [6.07, 6.45) is 0. The van der Waals surface area contributed by atoms with Crippen LogP contribution in [0.15, 0.2) is 58.2 Å². The number of amides is 2. The molecule has 0 aliphatic carbocycles. The summed E-state index contributed by atoms with van der Waals surface area (Å²) in [7, 11) is 0. The molecule has 0 saturated heterocycles. The Balaban J connectivity index is 1.47. The van der Waals surface area contributed by atoms with Crippen molar-refractivity contribution in [2.75, 3.05) is 5.75 Å². The van der Waals surface area contributed by atoms with E-state index in [1.165, 1.54) is 12.1 Å². The monoisotopic (exact) mass is 386 g/mol. The Morgan fingerprint density at radius 3 is 2.44 bits per heavy atom. The van der Waals surface area contributed by atoms with Crippen molar-refractivity contribution in [1.29, 1.82) is 0 Å². The number of aromatic nitrogens is 2. The van der Waals surface area contributed by atoms with Crippen molar-refractivity contribution in [3.05, 3.63) is 65.5 Å². The van der Waals surface area contributed by atoms with Gasteiger partial charge in [0.2, 0.25) is 11.8 Å². The highest BCUT2D eigenvalue weighted by molar-refractivity contribution is 7.99. The summed E-state index contributed by atoms with van der Waals surface area (Å²) in [5.41, 5.74) is 6.65. The van der Waals surface area contributed by atoms with Gasteiger partial charge in [-0.2, -0.15) is 0 Å². The maximum absolute atomic E-state index is 12.8. The second-order valence-electron chi connectivity index (χ2n) is 5.54. The van der Waals surface area contributed by atoms with E-state index < -0.39 is 17.6 Å². The SMILES string of the molecule is Cc1ccc(-c2nnc(SCC(=O)NNC(=O)c3ccc(F)cc3)o2)cc1. The first kappa shape index (κ1) is 18.6. The van der Waals surface area contributed by atoms with Crippen LogP contribution in [0.4, 0.5) is 4.39 Å². The van der Waals surface area contributed by atoms with E-state index in [4.69, 9.17) is 4.42 Å². The van der Waals surface area contributed by atoms with E-state index in [-0.39, 0.29) is 16.5 Å². The fourth-order valence-electron chi connectivity index (χ4n) is 2.04. The van der Waals surface area contributed by atoms with Crippen LogP contribution < -0.4 is 10.9 Å². The van der Waals surface area contributed by atoms with Gasteiger partial charge in [-0.3, -0.25) is 20.4 Å². The predicted octanol–water partition coefficient (Wildman–Crippen LogP) is 2.74. The molecule has 27 heavy (non-hydrogen) atoms. The molecule has 2 aromatic carbocycles. The van der Waals surface area contributed by atoms with Crippen LogP contribution in [-0.4, -0.2) is 27.8 Å². The summed E-state index contributed by atoms with van der Waals surface area (Å²) in [4.78, 5) is 23.6. The van der Waals surface area contributed by atoms with Crippen LogP contribution in [0.2, 0.25) is 0 Å². The van der Waals surface area contributed by atoms with E-state index in [0.717, 1.165) is 35.0 Å². The molecule has 0 atom stereocenters. The Morgan fingerprint density at radius 2 is 1.74 bits per heavy atom. The number of thioether (sulfide) groups is 1. The van der Waals surface area contributed by atoms with Crippen molar-refractivity contribution in [3.8, 4) is 11.5 Å². The second kappa shape index (κ2) is 8.45. The average molecular weight is 386 g/mol. The van der Waals surface area contributed by atoms with E-state index in [2.05, 4.69) is 21.0 Å². The molecule has 0 saturated carbocycles. The minimum atomic E-state index is -0.548. The maximum atomic E-state index is 12.8. The van der Waals surface area contributed by atoms with E-state index in [1.54, 1.807) is 0 Å². The van der Waals surface area contributed by atoms with Crippen LogP contribution in [0.25, 0.3) is 11.5 Å². The lowest BCUT2D eigenvalue weighted by molar-refractivity contribution is -0.119. The first-order chi connectivity index (χ1) is 13.0. The van der Waals surface area contributed by atoms with Gasteiger partial charge in [0.05, 0.1) is 5.75 Å². The minimum Gasteiger partial charge on any atom is -0.411 e. The van der Waals surface area contributed by atoms with Gasteiger partial charge in [0.25, 0.3) is 11.1 Å². The molecule has 7 nitrogen and oxygen atoms in total. The third kappa shape index (κ3) is 5.14. The molecule has 0 unspecified atom stereocenters. The lowest BCUT2D eigenvalue weighted by Gasteiger charge is -2.06. The lowest BCUT2D eigenvalue weighted by atomic mass is 10.1. The van der Waals surface area contributed by atoms with Crippen LogP contribution in [0, 0.1) is 12.7 Å². The zero-order valence-electron chi connectivity index (χ0n) is 14.2. The van der Waals surface area contributed by atoms with Crippen LogP contribution in [0.3, 0.4) is 0 Å². The van der Waals surface area contributed by atoms with Crippen LogP contribution >= 0.6 is 11.8 Å². The molecule has 0 spiro atoms. The third-order valence-electron chi connectivity index (χ3n) is 3.45. The Bertz CT molecular complexity index is 942. The van der Waals surface area contributed by atoms with Gasteiger partial charge in [-0.05, 0) is 43.3 Å². The zero-order valence-corrected chi connectivity index (χ0v) is 15.0. The molecule has 1 aromatic heterocycles. The minimum absolute atomic E-state index is 0.0285. The number of aryl methyl sites for hydroxylation is 1. The Hall–Kier alpha value is -3.20. The molecule has 3 rings (SSSR count). The van der Waals surface area contributed by atoms with Crippen molar-refractivity contribution in [2.45, 2.75) is 12.1 Å². The van der Waals surface area contributed by atoms with Crippen LogP contribution in [-0.2, 0) is 4.79 Å². The normalized spacial score (nSPS) is 10.4. The smallest absolute Gasteiger partial charge is 0.277 e. The average Bonchev–Trinajstić information content (AvgIpc) is 3.14. The summed E-state index contributed by atoms with van der Waals surface area (Å²) in [6.45, 7) is 1.98. The zero-order chi connectivity index (χ0) is 19.2. The molecule has 0 fully saturated rings. The molecule has 2 amide bonds. The highest BCUT2D eigenvalue weighted by Crippen LogP contribution is 2.23. The van der Waals surface area contributed by atoms with Crippen molar-refractivity contribution in [2.24, 2.45) is 0 Å². The molecule has 0 aliphatic heterocycles. The van der Waals surface area contributed by atoms with Crippen molar-refractivity contribution in [3.63, 3.8) is 0 Å². The number of rotatable bonds is 5. The number of hydrazine groups is 1. The number of benzene rings is 2. The summed E-state index contributed by atoms with van der Waals surface area (Å²) in [5, 5.41) is 8.07. The Morgan fingerprint density at radius 1 is 1.04 bits per heavy atom. The van der Waals surface area contributed by atoms with Crippen LogP contribution in [0.5, 0.6) is 0 Å². The van der Waals surface area contributed by atoms with Crippen molar-refractivity contribution < 1.29 is 18.4 Å². The predicted molar refractivity (Wildman–Crippen MR) is 97.2 cm³/mol. The van der Waals surface area contributed by atoms with Gasteiger partial charge in [-0.1, -0.05) is 29.5 Å². The largest absolute Gasteiger partial charge is 0.411 e. The van der Waals surface area contributed by atoms with Crippen LogP contribution in [0.1, 0.15) is 15.9 Å². The van der Waals surface area contributed by atoms with Crippen molar-refractivity contribution in [1.82, 2.24) is 21.0 Å². The number of nitrogens with one attached hydrogen (secondary N) is 2. The number of carbonyl (C=O) groups excluding carboxylic acids is 2. The molecule has 0 aliphatic rings. The number of hydrogen-bond donors (Lipinski definition) is 2. The number of hydrogen-bond acceptors (Lipinski definition) is 6. The Kier molecular flexibility index (Phi) is 5.82. The van der Waals surface area contributed by atoms with Gasteiger partial charge >= 0.3 is 0 Å². The van der Waals surface area contributed by atoms with Gasteiger partial charge in [0.15, 0.2) is 0 Å². The van der Waals surface area contributed by atoms with Gasteiger partial charge in [-0.25, -0.2) is 4.39 Å². The topological polar surface area (TPSA) is 97.1 Å². The molecule has 1 heterocycles. The summed E-state index contributed by atoms with van der Waals surface area (Å²) in [5.74, 6) is -1.11. The lowest BCUT2D eigenvalue weighted by Crippen LogP contribution is -2.42. The molecule has 0 radical (unpaired) electrons. The van der Waals surface area contributed by atoms with Gasteiger partial charge in [0.1, 0.15) is 5.82 Å². The molecule has 3 aromatic rings. The second-order valence-corrected chi connectivity index (χ2v) is 6.46. The van der Waals surface area contributed by atoms with Gasteiger partial charge in [-0.15, -0.1) is 10.2 Å². The molecular formula is C18H15FN4O3S. The molecular weight excluding hydrogens is 371 g/mol. The van der Waals surface area contributed by atoms with Gasteiger partial charge < -0.3 is 4.42 Å². The van der Waals surface area contributed by atoms with E-state index in [1.807, 2.05) is 31.2 Å². The number of carbonyl (C=O) groups is 2. The maximum Gasteiger partial charge on any atom is 0.277 e.